The number of nitrogens with one attached hydrogen (secondary N) is 2. The Morgan fingerprint density at radius 3 is 2.40 bits per heavy atom. The highest BCUT2D eigenvalue weighted by Crippen LogP contribution is 1.87. The van der Waals surface area contributed by atoms with E-state index in [0.717, 1.165) is 39.1 Å². The zero-order valence-corrected chi connectivity index (χ0v) is 10.3. The largest absolute Gasteiger partial charge is 0.359 e. The first-order chi connectivity index (χ1) is 7.24. The summed E-state index contributed by atoms with van der Waals surface area (Å²) in [6, 6.07) is 0. The molecular weight excluding hydrogens is 190 g/mol. The predicted molar refractivity (Wildman–Crippen MR) is 64.0 cm³/mol. The van der Waals surface area contributed by atoms with Crippen molar-refractivity contribution in [1.29, 1.82) is 0 Å². The molecule has 0 atom stereocenters. The maximum Gasteiger partial charge on any atom is 0.219 e. The van der Waals surface area contributed by atoms with Crippen LogP contribution < -0.4 is 10.6 Å². The minimum Gasteiger partial charge on any atom is -0.359 e. The van der Waals surface area contributed by atoms with E-state index in [1.54, 1.807) is 7.05 Å². The predicted octanol–water partition coefficient (Wildman–Crippen LogP) is 0.444. The normalized spacial score (nSPS) is 10.7. The van der Waals surface area contributed by atoms with Gasteiger partial charge >= 0.3 is 0 Å². The molecule has 0 aliphatic carbocycles. The lowest BCUT2D eigenvalue weighted by molar-refractivity contribution is -0.120. The Morgan fingerprint density at radius 2 is 1.87 bits per heavy atom. The smallest absolute Gasteiger partial charge is 0.219 e. The third-order valence-electron chi connectivity index (χ3n) is 2.54. The Morgan fingerprint density at radius 1 is 1.20 bits per heavy atom. The molecule has 0 bridgehead atoms. The molecule has 4 heteroatoms. The van der Waals surface area contributed by atoms with Gasteiger partial charge in [0.2, 0.25) is 5.91 Å². The summed E-state index contributed by atoms with van der Waals surface area (Å²) in [5.41, 5.74) is 0. The lowest BCUT2D eigenvalue weighted by Crippen LogP contribution is -2.32. The first-order valence-electron chi connectivity index (χ1n) is 5.88. The zero-order chi connectivity index (χ0) is 11.5. The summed E-state index contributed by atoms with van der Waals surface area (Å²) in [5, 5.41) is 5.96. The van der Waals surface area contributed by atoms with E-state index >= 15 is 0 Å². The van der Waals surface area contributed by atoms with E-state index in [1.807, 2.05) is 0 Å². The van der Waals surface area contributed by atoms with Crippen LogP contribution in [-0.4, -0.2) is 50.6 Å². The van der Waals surface area contributed by atoms with Gasteiger partial charge in [-0.15, -0.1) is 0 Å². The molecule has 15 heavy (non-hydrogen) atoms. The van der Waals surface area contributed by atoms with Gasteiger partial charge in [-0.2, -0.15) is 0 Å². The van der Waals surface area contributed by atoms with Crippen LogP contribution in [0.4, 0.5) is 0 Å². The Balaban J connectivity index is 3.21. The fourth-order valence-corrected chi connectivity index (χ4v) is 1.40. The van der Waals surface area contributed by atoms with Crippen LogP contribution in [0.15, 0.2) is 0 Å². The third kappa shape index (κ3) is 8.39. The number of rotatable bonds is 9. The molecule has 1 amide bonds. The third-order valence-corrected chi connectivity index (χ3v) is 2.54. The molecule has 0 saturated carbocycles. The molecule has 0 aromatic heterocycles. The van der Waals surface area contributed by atoms with Crippen molar-refractivity contribution in [2.45, 2.75) is 26.7 Å². The molecule has 0 aliphatic rings. The van der Waals surface area contributed by atoms with Crippen molar-refractivity contribution in [1.82, 2.24) is 15.5 Å². The second kappa shape index (κ2) is 9.93. The molecule has 90 valence electrons. The van der Waals surface area contributed by atoms with Gasteiger partial charge in [0.15, 0.2) is 0 Å². The van der Waals surface area contributed by atoms with E-state index < -0.39 is 0 Å². The van der Waals surface area contributed by atoms with E-state index in [-0.39, 0.29) is 5.91 Å². The summed E-state index contributed by atoms with van der Waals surface area (Å²) in [7, 11) is 1.68. The Bertz CT molecular complexity index is 158. The maximum atomic E-state index is 10.9. The molecule has 0 unspecified atom stereocenters. The summed E-state index contributed by atoms with van der Waals surface area (Å²) < 4.78 is 0. The van der Waals surface area contributed by atoms with Crippen LogP contribution in [0, 0.1) is 0 Å². The number of likely N-dealkylation sites (N-methyl/N-ethyl adjacent to an activating group) is 1. The second-order valence-corrected chi connectivity index (χ2v) is 3.55. The maximum absolute atomic E-state index is 10.9. The van der Waals surface area contributed by atoms with E-state index in [1.165, 1.54) is 0 Å². The molecule has 0 aromatic carbocycles. The molecular formula is C11H25N3O. The molecule has 0 aliphatic heterocycles. The molecule has 0 radical (unpaired) electrons. The van der Waals surface area contributed by atoms with Gasteiger partial charge in [-0.3, -0.25) is 4.79 Å². The van der Waals surface area contributed by atoms with Gasteiger partial charge in [0.05, 0.1) is 0 Å². The van der Waals surface area contributed by atoms with Crippen LogP contribution in [-0.2, 0) is 4.79 Å². The van der Waals surface area contributed by atoms with E-state index in [4.69, 9.17) is 0 Å². The first kappa shape index (κ1) is 14.4. The quantitative estimate of drug-likeness (QED) is 0.549. The van der Waals surface area contributed by atoms with E-state index in [9.17, 15) is 4.79 Å². The van der Waals surface area contributed by atoms with Gasteiger partial charge in [0.25, 0.3) is 0 Å². The Labute approximate surface area is 93.4 Å². The Kier molecular flexibility index (Phi) is 9.52. The zero-order valence-electron chi connectivity index (χ0n) is 10.3. The van der Waals surface area contributed by atoms with Gasteiger partial charge < -0.3 is 15.5 Å². The summed E-state index contributed by atoms with van der Waals surface area (Å²) >= 11 is 0. The molecule has 0 rings (SSSR count). The van der Waals surface area contributed by atoms with Gasteiger partial charge in [0, 0.05) is 26.6 Å². The highest BCUT2D eigenvalue weighted by Gasteiger charge is 1.98. The summed E-state index contributed by atoms with van der Waals surface area (Å²) in [5.74, 6) is 0.126. The van der Waals surface area contributed by atoms with Crippen LogP contribution >= 0.6 is 0 Å². The van der Waals surface area contributed by atoms with Crippen molar-refractivity contribution in [2.24, 2.45) is 0 Å². The number of amides is 1. The molecule has 0 fully saturated rings. The number of hydrogen-bond donors (Lipinski definition) is 2. The van der Waals surface area contributed by atoms with Gasteiger partial charge in [-0.25, -0.2) is 0 Å². The van der Waals surface area contributed by atoms with Gasteiger partial charge in [0.1, 0.15) is 0 Å². The average Bonchev–Trinajstić information content (AvgIpc) is 2.28. The number of carbonyl (C=O) groups is 1. The first-order valence-corrected chi connectivity index (χ1v) is 5.88. The SMILES string of the molecule is CCN(CC)CCNCCCC(=O)NC. The summed E-state index contributed by atoms with van der Waals surface area (Å²) in [6.45, 7) is 9.59. The fraction of sp³-hybridized carbons (Fsp3) is 0.909. The molecule has 4 nitrogen and oxygen atoms in total. The summed E-state index contributed by atoms with van der Waals surface area (Å²) in [4.78, 5) is 13.3. The second-order valence-electron chi connectivity index (χ2n) is 3.55. The highest BCUT2D eigenvalue weighted by atomic mass is 16.1. The van der Waals surface area contributed by atoms with Crippen LogP contribution in [0.1, 0.15) is 26.7 Å². The van der Waals surface area contributed by atoms with Crippen molar-refractivity contribution < 1.29 is 4.79 Å². The molecule has 0 aromatic rings. The minimum atomic E-state index is 0.126. The fourth-order valence-electron chi connectivity index (χ4n) is 1.40. The monoisotopic (exact) mass is 215 g/mol. The lowest BCUT2D eigenvalue weighted by Gasteiger charge is -2.17. The van der Waals surface area contributed by atoms with Crippen molar-refractivity contribution in [3.05, 3.63) is 0 Å². The highest BCUT2D eigenvalue weighted by molar-refractivity contribution is 5.75. The van der Waals surface area contributed by atoms with Crippen molar-refractivity contribution in [3.8, 4) is 0 Å². The number of carbonyl (C=O) groups excluding carboxylic acids is 1. The number of nitrogens with zero attached hydrogens (tertiary/aromatic N) is 1. The Hall–Kier alpha value is -0.610. The van der Waals surface area contributed by atoms with Crippen molar-refractivity contribution >= 4 is 5.91 Å². The molecule has 0 heterocycles. The molecule has 2 N–H and O–H groups in total. The van der Waals surface area contributed by atoms with Crippen molar-refractivity contribution in [2.75, 3.05) is 39.8 Å². The average molecular weight is 215 g/mol. The van der Waals surface area contributed by atoms with E-state index in [0.29, 0.717) is 6.42 Å². The standard InChI is InChI=1S/C11H25N3O/c1-4-14(5-2)10-9-13-8-6-7-11(15)12-3/h13H,4-10H2,1-3H3,(H,12,15). The van der Waals surface area contributed by atoms with Crippen LogP contribution in [0.25, 0.3) is 0 Å². The van der Waals surface area contributed by atoms with Crippen molar-refractivity contribution in [3.63, 3.8) is 0 Å². The number of hydrogen-bond acceptors (Lipinski definition) is 3. The minimum absolute atomic E-state index is 0.126. The van der Waals surface area contributed by atoms with Gasteiger partial charge in [-0.05, 0) is 26.1 Å². The lowest BCUT2D eigenvalue weighted by atomic mass is 10.3. The van der Waals surface area contributed by atoms with Crippen LogP contribution in [0.3, 0.4) is 0 Å². The molecule has 0 spiro atoms. The summed E-state index contributed by atoms with van der Waals surface area (Å²) in [6.07, 6.45) is 1.53. The molecule has 0 saturated heterocycles. The topological polar surface area (TPSA) is 44.4 Å². The van der Waals surface area contributed by atoms with Crippen LogP contribution in [0.5, 0.6) is 0 Å². The van der Waals surface area contributed by atoms with E-state index in [2.05, 4.69) is 29.4 Å². The van der Waals surface area contributed by atoms with Crippen LogP contribution in [0.2, 0.25) is 0 Å². The van der Waals surface area contributed by atoms with Gasteiger partial charge in [-0.1, -0.05) is 13.8 Å².